The van der Waals surface area contributed by atoms with Gasteiger partial charge in [-0.3, -0.25) is 5.41 Å². The fourth-order valence-corrected chi connectivity index (χ4v) is 0.981. The van der Waals surface area contributed by atoms with Gasteiger partial charge in [-0.2, -0.15) is 0 Å². The number of amidine groups is 1. The maximum absolute atomic E-state index is 12.5. The number of hydrogen-bond donors (Lipinski definition) is 2. The van der Waals surface area contributed by atoms with Gasteiger partial charge in [0.1, 0.15) is 5.84 Å². The normalized spacial score (nSPS) is 8.93. The second-order valence-corrected chi connectivity index (χ2v) is 2.57. The summed E-state index contributed by atoms with van der Waals surface area (Å²) < 4.78 is 25.0. The van der Waals surface area contributed by atoms with Crippen molar-refractivity contribution in [3.63, 3.8) is 0 Å². The van der Waals surface area contributed by atoms with Gasteiger partial charge in [0.25, 0.3) is 0 Å². The van der Waals surface area contributed by atoms with E-state index in [0.717, 1.165) is 12.1 Å². The van der Waals surface area contributed by atoms with E-state index in [-0.39, 0.29) is 16.4 Å². The van der Waals surface area contributed by atoms with Gasteiger partial charge >= 0.3 is 0 Å². The van der Waals surface area contributed by atoms with Crippen LogP contribution in [0.15, 0.2) is 12.1 Å². The number of nitrogens with two attached hydrogens (primary N) is 1. The maximum Gasteiger partial charge on any atom is 0.160 e. The minimum Gasteiger partial charge on any atom is -0.384 e. The van der Waals surface area contributed by atoms with Crippen molar-refractivity contribution < 1.29 is 8.78 Å². The number of rotatable bonds is 1. The van der Waals surface area contributed by atoms with Gasteiger partial charge in [0, 0.05) is 5.56 Å². The van der Waals surface area contributed by atoms with E-state index in [2.05, 4.69) is 0 Å². The smallest absolute Gasteiger partial charge is 0.160 e. The molecular formula is C9H11ClF2N2. The number of hydrogen-bond acceptors (Lipinski definition) is 1. The van der Waals surface area contributed by atoms with Crippen molar-refractivity contribution in [3.8, 4) is 0 Å². The molecular weight excluding hydrogens is 210 g/mol. The standard InChI is InChI=1S/C7H5ClF2N2.C2H6/c8-4-2-6(10)5(9)1-3(4)7(11)12;1-2/h1-2H,(H3,11,12);1-2H3. The molecule has 1 rings (SSSR count). The molecule has 3 N–H and O–H groups in total. The molecule has 0 fully saturated rings. The zero-order valence-corrected chi connectivity index (χ0v) is 8.62. The van der Waals surface area contributed by atoms with Crippen LogP contribution in [0.5, 0.6) is 0 Å². The third kappa shape index (κ3) is 2.96. The molecule has 0 radical (unpaired) electrons. The molecule has 1 aromatic carbocycles. The summed E-state index contributed by atoms with van der Waals surface area (Å²) in [5.41, 5.74) is 5.04. The predicted molar refractivity (Wildman–Crippen MR) is 53.7 cm³/mol. The highest BCUT2D eigenvalue weighted by molar-refractivity contribution is 6.33. The Bertz CT molecular complexity index is 340. The molecule has 5 heteroatoms. The van der Waals surface area contributed by atoms with Gasteiger partial charge in [0.15, 0.2) is 11.6 Å². The molecule has 0 aromatic heterocycles. The second-order valence-electron chi connectivity index (χ2n) is 2.16. The molecule has 78 valence electrons. The van der Waals surface area contributed by atoms with Crippen LogP contribution in [0, 0.1) is 17.0 Å². The molecule has 0 spiro atoms. The third-order valence-electron chi connectivity index (χ3n) is 1.30. The molecule has 0 unspecified atom stereocenters. The van der Waals surface area contributed by atoms with Gasteiger partial charge in [-0.25, -0.2) is 8.78 Å². The largest absolute Gasteiger partial charge is 0.384 e. The molecule has 2 nitrogen and oxygen atoms in total. The average Bonchev–Trinajstić information content (AvgIpc) is 2.14. The highest BCUT2D eigenvalue weighted by atomic mass is 35.5. The van der Waals surface area contributed by atoms with Gasteiger partial charge in [-0.15, -0.1) is 0 Å². The van der Waals surface area contributed by atoms with Crippen LogP contribution in [-0.4, -0.2) is 5.84 Å². The minimum atomic E-state index is -1.07. The van der Waals surface area contributed by atoms with Gasteiger partial charge < -0.3 is 5.73 Å². The van der Waals surface area contributed by atoms with Crippen LogP contribution in [0.4, 0.5) is 8.78 Å². The van der Waals surface area contributed by atoms with E-state index in [1.165, 1.54) is 0 Å². The first-order valence-corrected chi connectivity index (χ1v) is 4.39. The third-order valence-corrected chi connectivity index (χ3v) is 1.61. The summed E-state index contributed by atoms with van der Waals surface area (Å²) in [7, 11) is 0. The maximum atomic E-state index is 12.5. The number of nitrogen functional groups attached to an aromatic ring is 1. The van der Waals surface area contributed by atoms with Gasteiger partial charge in [0.05, 0.1) is 5.02 Å². The lowest BCUT2D eigenvalue weighted by Crippen LogP contribution is -2.12. The van der Waals surface area contributed by atoms with E-state index in [1.54, 1.807) is 0 Å². The van der Waals surface area contributed by atoms with Crippen molar-refractivity contribution in [2.75, 3.05) is 0 Å². The van der Waals surface area contributed by atoms with E-state index in [0.29, 0.717) is 0 Å². The van der Waals surface area contributed by atoms with Crippen molar-refractivity contribution in [3.05, 3.63) is 34.4 Å². The SMILES string of the molecule is CC.N=C(N)c1cc(F)c(F)cc1Cl. The fourth-order valence-electron chi connectivity index (χ4n) is 0.729. The Morgan fingerprint density at radius 1 is 1.29 bits per heavy atom. The minimum absolute atomic E-state index is 0.00410. The Morgan fingerprint density at radius 3 is 2.14 bits per heavy atom. The topological polar surface area (TPSA) is 49.9 Å². The van der Waals surface area contributed by atoms with Crippen LogP contribution in [0.2, 0.25) is 5.02 Å². The molecule has 0 amide bonds. The highest BCUT2D eigenvalue weighted by Crippen LogP contribution is 2.19. The first-order valence-electron chi connectivity index (χ1n) is 4.01. The molecule has 0 saturated heterocycles. The van der Waals surface area contributed by atoms with Gasteiger partial charge in [-0.1, -0.05) is 25.4 Å². The molecule has 0 heterocycles. The first kappa shape index (κ1) is 12.8. The zero-order chi connectivity index (χ0) is 11.3. The van der Waals surface area contributed by atoms with Crippen LogP contribution in [-0.2, 0) is 0 Å². The summed E-state index contributed by atoms with van der Waals surface area (Å²) in [4.78, 5) is 0. The molecule has 0 aliphatic heterocycles. The first-order chi connectivity index (χ1) is 6.52. The van der Waals surface area contributed by atoms with Crippen molar-refractivity contribution in [2.45, 2.75) is 13.8 Å². The summed E-state index contributed by atoms with van der Waals surface area (Å²) in [5.74, 6) is -2.51. The molecule has 0 aliphatic rings. The molecule has 0 aliphatic carbocycles. The molecule has 0 saturated carbocycles. The van der Waals surface area contributed by atoms with Crippen molar-refractivity contribution in [2.24, 2.45) is 5.73 Å². The lowest BCUT2D eigenvalue weighted by molar-refractivity contribution is 0.508. The van der Waals surface area contributed by atoms with E-state index >= 15 is 0 Å². The van der Waals surface area contributed by atoms with Crippen molar-refractivity contribution in [1.82, 2.24) is 0 Å². The van der Waals surface area contributed by atoms with Crippen molar-refractivity contribution in [1.29, 1.82) is 5.41 Å². The lowest BCUT2D eigenvalue weighted by Gasteiger charge is -2.01. The van der Waals surface area contributed by atoms with E-state index in [1.807, 2.05) is 13.8 Å². The Hall–Kier alpha value is -1.16. The molecule has 14 heavy (non-hydrogen) atoms. The molecule has 1 aromatic rings. The second kappa shape index (κ2) is 5.54. The summed E-state index contributed by atoms with van der Waals surface area (Å²) >= 11 is 5.47. The summed E-state index contributed by atoms with van der Waals surface area (Å²) in [6.07, 6.45) is 0. The van der Waals surface area contributed by atoms with E-state index in [4.69, 9.17) is 22.7 Å². The van der Waals surface area contributed by atoms with E-state index < -0.39 is 11.6 Å². The quantitative estimate of drug-likeness (QED) is 0.427. The predicted octanol–water partition coefficient (Wildman–Crippen LogP) is 2.93. The summed E-state index contributed by atoms with van der Waals surface area (Å²) in [5, 5.41) is 6.88. The van der Waals surface area contributed by atoms with Gasteiger partial charge in [-0.05, 0) is 12.1 Å². The highest BCUT2D eigenvalue weighted by Gasteiger charge is 2.09. The van der Waals surface area contributed by atoms with Crippen LogP contribution < -0.4 is 5.73 Å². The molecule has 0 bridgehead atoms. The Balaban J connectivity index is 0.000000791. The van der Waals surface area contributed by atoms with Crippen LogP contribution in [0.3, 0.4) is 0 Å². The van der Waals surface area contributed by atoms with Crippen LogP contribution >= 0.6 is 11.6 Å². The number of nitrogens with one attached hydrogen (secondary N) is 1. The number of benzene rings is 1. The Labute approximate surface area is 86.2 Å². The Kier molecular flexibility index (Phi) is 5.09. The zero-order valence-electron chi connectivity index (χ0n) is 7.87. The van der Waals surface area contributed by atoms with E-state index in [9.17, 15) is 8.78 Å². The lowest BCUT2D eigenvalue weighted by atomic mass is 10.2. The average molecular weight is 221 g/mol. The molecule has 0 atom stereocenters. The van der Waals surface area contributed by atoms with Crippen molar-refractivity contribution >= 4 is 17.4 Å². The Morgan fingerprint density at radius 2 is 1.71 bits per heavy atom. The summed E-state index contributed by atoms with van der Waals surface area (Å²) in [6, 6.07) is 1.58. The monoisotopic (exact) mass is 220 g/mol. The van der Waals surface area contributed by atoms with Crippen LogP contribution in [0.1, 0.15) is 19.4 Å². The fraction of sp³-hybridized carbons (Fsp3) is 0.222. The number of halogens is 3. The van der Waals surface area contributed by atoms with Crippen LogP contribution in [0.25, 0.3) is 0 Å². The van der Waals surface area contributed by atoms with Gasteiger partial charge in [0.2, 0.25) is 0 Å². The summed E-state index contributed by atoms with van der Waals surface area (Å²) in [6.45, 7) is 4.00.